The SMILES string of the molecule is NC(=S)Nc1ccc(-c2nc3ccccc3s2)c(Cl)c1. The fraction of sp³-hybridized carbons (Fsp3) is 0. The Bertz CT molecular complexity index is 765. The summed E-state index contributed by atoms with van der Waals surface area (Å²) in [4.78, 5) is 4.60. The number of thiazole rings is 1. The lowest BCUT2D eigenvalue weighted by atomic mass is 10.2. The third kappa shape index (κ3) is 2.60. The van der Waals surface area contributed by atoms with Crippen molar-refractivity contribution in [2.75, 3.05) is 5.32 Å². The van der Waals surface area contributed by atoms with Gasteiger partial charge in [-0.3, -0.25) is 0 Å². The maximum atomic E-state index is 6.32. The third-order valence-corrected chi connectivity index (χ3v) is 4.25. The van der Waals surface area contributed by atoms with Gasteiger partial charge in [-0.2, -0.15) is 0 Å². The fourth-order valence-corrected chi connectivity index (χ4v) is 3.35. The molecule has 3 N–H and O–H groups in total. The minimum Gasteiger partial charge on any atom is -0.376 e. The Labute approximate surface area is 130 Å². The molecule has 1 aromatic heterocycles. The van der Waals surface area contributed by atoms with E-state index in [1.165, 1.54) is 0 Å². The molecule has 6 heteroatoms. The Hall–Kier alpha value is -1.69. The van der Waals surface area contributed by atoms with Crippen molar-refractivity contribution in [3.05, 3.63) is 47.5 Å². The van der Waals surface area contributed by atoms with Gasteiger partial charge in [0.05, 0.1) is 15.2 Å². The highest BCUT2D eigenvalue weighted by Crippen LogP contribution is 2.35. The van der Waals surface area contributed by atoms with Crippen LogP contribution in [0.5, 0.6) is 0 Å². The minimum atomic E-state index is 0.216. The van der Waals surface area contributed by atoms with E-state index in [0.717, 1.165) is 26.5 Å². The molecule has 3 nitrogen and oxygen atoms in total. The zero-order valence-corrected chi connectivity index (χ0v) is 12.6. The largest absolute Gasteiger partial charge is 0.376 e. The molecule has 0 saturated heterocycles. The van der Waals surface area contributed by atoms with Crippen molar-refractivity contribution in [1.82, 2.24) is 4.98 Å². The number of nitrogens with two attached hydrogens (primary N) is 1. The molecule has 0 radical (unpaired) electrons. The molecule has 0 atom stereocenters. The van der Waals surface area contributed by atoms with E-state index in [2.05, 4.69) is 10.3 Å². The van der Waals surface area contributed by atoms with Crippen LogP contribution in [-0.2, 0) is 0 Å². The monoisotopic (exact) mass is 319 g/mol. The quantitative estimate of drug-likeness (QED) is 0.692. The summed E-state index contributed by atoms with van der Waals surface area (Å²) in [5.74, 6) is 0. The molecule has 100 valence electrons. The van der Waals surface area contributed by atoms with Gasteiger partial charge >= 0.3 is 0 Å². The second-order valence-corrected chi connectivity index (χ2v) is 6.05. The zero-order chi connectivity index (χ0) is 14.1. The smallest absolute Gasteiger partial charge is 0.168 e. The van der Waals surface area contributed by atoms with Gasteiger partial charge in [-0.1, -0.05) is 23.7 Å². The predicted octanol–water partition coefficient (Wildman–Crippen LogP) is 4.27. The molecule has 0 aliphatic heterocycles. The van der Waals surface area contributed by atoms with Crippen LogP contribution in [0.3, 0.4) is 0 Å². The van der Waals surface area contributed by atoms with Crippen LogP contribution in [0.1, 0.15) is 0 Å². The van der Waals surface area contributed by atoms with E-state index >= 15 is 0 Å². The lowest BCUT2D eigenvalue weighted by Crippen LogP contribution is -2.18. The number of nitrogens with zero attached hydrogens (tertiary/aromatic N) is 1. The summed E-state index contributed by atoms with van der Waals surface area (Å²) < 4.78 is 1.14. The summed E-state index contributed by atoms with van der Waals surface area (Å²) in [6.45, 7) is 0. The molecule has 0 unspecified atom stereocenters. The lowest BCUT2D eigenvalue weighted by molar-refractivity contribution is 1.47. The normalized spacial score (nSPS) is 10.7. The Kier molecular flexibility index (Phi) is 3.56. The summed E-state index contributed by atoms with van der Waals surface area (Å²) in [6, 6.07) is 13.6. The molecule has 2 aromatic carbocycles. The number of rotatable bonds is 2. The van der Waals surface area contributed by atoms with Gasteiger partial charge in [0.15, 0.2) is 5.11 Å². The number of hydrogen-bond acceptors (Lipinski definition) is 3. The van der Waals surface area contributed by atoms with E-state index in [1.54, 1.807) is 17.4 Å². The van der Waals surface area contributed by atoms with E-state index in [4.69, 9.17) is 29.6 Å². The molecular formula is C14H10ClN3S2. The number of hydrogen-bond donors (Lipinski definition) is 2. The van der Waals surface area contributed by atoms with Gasteiger partial charge in [0, 0.05) is 11.3 Å². The van der Waals surface area contributed by atoms with Crippen LogP contribution in [0.25, 0.3) is 20.8 Å². The number of aromatic nitrogens is 1. The summed E-state index contributed by atoms with van der Waals surface area (Å²) in [6.07, 6.45) is 0. The van der Waals surface area contributed by atoms with E-state index in [1.807, 2.05) is 36.4 Å². The molecule has 20 heavy (non-hydrogen) atoms. The second kappa shape index (κ2) is 5.36. The summed E-state index contributed by atoms with van der Waals surface area (Å²) in [5, 5.41) is 4.59. The summed E-state index contributed by atoms with van der Waals surface area (Å²) in [7, 11) is 0. The van der Waals surface area contributed by atoms with Gasteiger partial charge in [0.2, 0.25) is 0 Å². The number of benzene rings is 2. The van der Waals surface area contributed by atoms with Gasteiger partial charge in [0.1, 0.15) is 5.01 Å². The van der Waals surface area contributed by atoms with E-state index in [-0.39, 0.29) is 5.11 Å². The van der Waals surface area contributed by atoms with Gasteiger partial charge in [-0.15, -0.1) is 11.3 Å². The van der Waals surface area contributed by atoms with Crippen LogP contribution in [0, 0.1) is 0 Å². The Morgan fingerprint density at radius 3 is 2.75 bits per heavy atom. The van der Waals surface area contributed by atoms with Crippen molar-refractivity contribution in [2.24, 2.45) is 5.73 Å². The van der Waals surface area contributed by atoms with Gasteiger partial charge < -0.3 is 11.1 Å². The van der Waals surface area contributed by atoms with E-state index in [0.29, 0.717) is 5.02 Å². The molecule has 0 saturated carbocycles. The number of para-hydroxylation sites is 1. The predicted molar refractivity (Wildman–Crippen MR) is 90.5 cm³/mol. The summed E-state index contributed by atoms with van der Waals surface area (Å²) >= 11 is 12.7. The van der Waals surface area contributed by atoms with Crippen molar-refractivity contribution in [2.45, 2.75) is 0 Å². The molecule has 0 spiro atoms. The summed E-state index contributed by atoms with van der Waals surface area (Å²) in [5.41, 5.74) is 8.10. The first-order valence-electron chi connectivity index (χ1n) is 5.85. The number of halogens is 1. The molecular weight excluding hydrogens is 310 g/mol. The van der Waals surface area contributed by atoms with Crippen molar-refractivity contribution >= 4 is 56.2 Å². The first kappa shape index (κ1) is 13.3. The van der Waals surface area contributed by atoms with E-state index < -0.39 is 0 Å². The molecule has 3 aromatic rings. The zero-order valence-electron chi connectivity index (χ0n) is 10.3. The van der Waals surface area contributed by atoms with Gasteiger partial charge in [-0.05, 0) is 42.5 Å². The topological polar surface area (TPSA) is 50.9 Å². The minimum absolute atomic E-state index is 0.216. The van der Waals surface area contributed by atoms with Crippen LogP contribution in [-0.4, -0.2) is 10.1 Å². The number of nitrogens with one attached hydrogen (secondary N) is 1. The fourth-order valence-electron chi connectivity index (χ4n) is 1.90. The van der Waals surface area contributed by atoms with Crippen LogP contribution in [0.4, 0.5) is 5.69 Å². The van der Waals surface area contributed by atoms with Crippen LogP contribution in [0.2, 0.25) is 5.02 Å². The first-order chi connectivity index (χ1) is 9.63. The van der Waals surface area contributed by atoms with Gasteiger partial charge in [-0.25, -0.2) is 4.98 Å². The number of fused-ring (bicyclic) bond motifs is 1. The average Bonchev–Trinajstić information content (AvgIpc) is 2.81. The maximum Gasteiger partial charge on any atom is 0.168 e. The van der Waals surface area contributed by atoms with Crippen LogP contribution >= 0.6 is 35.2 Å². The highest BCUT2D eigenvalue weighted by Gasteiger charge is 2.10. The molecule has 0 fully saturated rings. The average molecular weight is 320 g/mol. The van der Waals surface area contributed by atoms with Crippen LogP contribution in [0.15, 0.2) is 42.5 Å². The Balaban J connectivity index is 2.03. The molecule has 0 bridgehead atoms. The Morgan fingerprint density at radius 2 is 2.05 bits per heavy atom. The molecule has 0 aliphatic carbocycles. The number of thiocarbonyl (C=S) groups is 1. The Morgan fingerprint density at radius 1 is 1.25 bits per heavy atom. The van der Waals surface area contributed by atoms with Gasteiger partial charge in [0.25, 0.3) is 0 Å². The first-order valence-corrected chi connectivity index (χ1v) is 7.46. The third-order valence-electron chi connectivity index (χ3n) is 2.76. The number of anilines is 1. The van der Waals surface area contributed by atoms with E-state index in [9.17, 15) is 0 Å². The van der Waals surface area contributed by atoms with Crippen molar-refractivity contribution in [1.29, 1.82) is 0 Å². The van der Waals surface area contributed by atoms with Crippen molar-refractivity contribution < 1.29 is 0 Å². The molecule has 3 rings (SSSR count). The molecule has 1 heterocycles. The highest BCUT2D eigenvalue weighted by molar-refractivity contribution is 7.80. The molecule has 0 amide bonds. The van der Waals surface area contributed by atoms with Crippen LogP contribution < -0.4 is 11.1 Å². The second-order valence-electron chi connectivity index (χ2n) is 4.17. The van der Waals surface area contributed by atoms with Crippen molar-refractivity contribution in [3.8, 4) is 10.6 Å². The standard InChI is InChI=1S/C14H10ClN3S2/c15-10-7-8(17-14(16)19)5-6-9(10)13-18-11-3-1-2-4-12(11)20-13/h1-7H,(H3,16,17,19). The maximum absolute atomic E-state index is 6.32. The van der Waals surface area contributed by atoms with Crippen molar-refractivity contribution in [3.63, 3.8) is 0 Å². The molecule has 0 aliphatic rings. The lowest BCUT2D eigenvalue weighted by Gasteiger charge is -2.06. The highest BCUT2D eigenvalue weighted by atomic mass is 35.5.